The molecule has 0 aromatic heterocycles. The van der Waals surface area contributed by atoms with Crippen molar-refractivity contribution in [3.8, 4) is 11.5 Å². The Morgan fingerprint density at radius 2 is 1.88 bits per heavy atom. The number of nitrogens with one attached hydrogen (secondary N) is 1. The van der Waals surface area contributed by atoms with Crippen molar-refractivity contribution in [2.75, 3.05) is 14.2 Å². The maximum atomic E-state index is 12.1. The van der Waals surface area contributed by atoms with Crippen molar-refractivity contribution < 1.29 is 24.2 Å². The van der Waals surface area contributed by atoms with Crippen LogP contribution in [0.1, 0.15) is 26.3 Å². The van der Waals surface area contributed by atoms with Gasteiger partial charge in [0, 0.05) is 10.0 Å². The van der Waals surface area contributed by atoms with Crippen molar-refractivity contribution in [3.05, 3.63) is 57.6 Å². The summed E-state index contributed by atoms with van der Waals surface area (Å²) >= 11 is 3.28. The number of carboxylic acids is 1. The van der Waals surface area contributed by atoms with Crippen LogP contribution in [0.2, 0.25) is 0 Å². The number of hydrazone groups is 1. The van der Waals surface area contributed by atoms with E-state index in [-0.39, 0.29) is 22.6 Å². The summed E-state index contributed by atoms with van der Waals surface area (Å²) in [7, 11) is 2.76. The Morgan fingerprint density at radius 1 is 1.16 bits per heavy atom. The number of carbonyl (C=O) groups excluding carboxylic acids is 1. The van der Waals surface area contributed by atoms with Crippen molar-refractivity contribution in [3.63, 3.8) is 0 Å². The van der Waals surface area contributed by atoms with Gasteiger partial charge in [-0.25, -0.2) is 10.2 Å². The highest BCUT2D eigenvalue weighted by Gasteiger charge is 2.20. The number of nitrogens with zero attached hydrogens (tertiary/aromatic N) is 1. The number of methoxy groups -OCH3 is 2. The summed E-state index contributed by atoms with van der Waals surface area (Å²) in [6, 6.07) is 9.94. The zero-order valence-corrected chi connectivity index (χ0v) is 15.0. The summed E-state index contributed by atoms with van der Waals surface area (Å²) < 4.78 is 10.8. The lowest BCUT2D eigenvalue weighted by Gasteiger charge is -2.12. The monoisotopic (exact) mass is 406 g/mol. The summed E-state index contributed by atoms with van der Waals surface area (Å²) in [5, 5.41) is 13.3. The molecule has 0 spiro atoms. The lowest BCUT2D eigenvalue weighted by atomic mass is 10.1. The average molecular weight is 407 g/mol. The van der Waals surface area contributed by atoms with Gasteiger partial charge in [0.2, 0.25) is 0 Å². The van der Waals surface area contributed by atoms with Crippen LogP contribution in [0.15, 0.2) is 46.0 Å². The van der Waals surface area contributed by atoms with Gasteiger partial charge in [-0.2, -0.15) is 5.10 Å². The number of aromatic carboxylic acids is 1. The minimum absolute atomic E-state index is 0.0797. The van der Waals surface area contributed by atoms with Crippen molar-refractivity contribution >= 4 is 34.0 Å². The first-order chi connectivity index (χ1) is 12.0. The molecule has 0 unspecified atom stereocenters. The first-order valence-corrected chi connectivity index (χ1v) is 7.85. The number of hydrogen-bond acceptors (Lipinski definition) is 5. The van der Waals surface area contributed by atoms with Crippen LogP contribution in [0.3, 0.4) is 0 Å². The Bertz CT molecular complexity index is 836. The van der Waals surface area contributed by atoms with Crippen molar-refractivity contribution in [2.24, 2.45) is 5.10 Å². The molecule has 7 nitrogen and oxygen atoms in total. The molecule has 0 aliphatic rings. The summed E-state index contributed by atoms with van der Waals surface area (Å²) in [5.41, 5.74) is 2.92. The van der Waals surface area contributed by atoms with E-state index in [0.717, 1.165) is 0 Å². The van der Waals surface area contributed by atoms with Gasteiger partial charge < -0.3 is 14.6 Å². The van der Waals surface area contributed by atoms with Gasteiger partial charge >= 0.3 is 5.97 Å². The second-order valence-corrected chi connectivity index (χ2v) is 5.60. The van der Waals surface area contributed by atoms with Gasteiger partial charge in [-0.1, -0.05) is 12.1 Å². The van der Waals surface area contributed by atoms with Gasteiger partial charge in [0.1, 0.15) is 5.56 Å². The number of ether oxygens (including phenoxy) is 2. The van der Waals surface area contributed by atoms with Crippen LogP contribution >= 0.6 is 15.9 Å². The number of amides is 1. The Balaban J connectivity index is 2.28. The molecule has 1 amide bonds. The molecule has 0 fully saturated rings. The predicted molar refractivity (Wildman–Crippen MR) is 95.7 cm³/mol. The van der Waals surface area contributed by atoms with Gasteiger partial charge in [0.25, 0.3) is 5.91 Å². The average Bonchev–Trinajstić information content (AvgIpc) is 2.60. The number of rotatable bonds is 6. The van der Waals surface area contributed by atoms with E-state index in [1.807, 2.05) is 0 Å². The van der Waals surface area contributed by atoms with Crippen LogP contribution < -0.4 is 14.9 Å². The Labute approximate surface area is 152 Å². The first-order valence-electron chi connectivity index (χ1n) is 7.05. The van der Waals surface area contributed by atoms with Crippen LogP contribution in [0.5, 0.6) is 11.5 Å². The molecule has 130 valence electrons. The molecule has 2 N–H and O–H groups in total. The molecule has 0 bridgehead atoms. The van der Waals surface area contributed by atoms with Gasteiger partial charge in [-0.3, -0.25) is 4.79 Å². The minimum atomic E-state index is -1.20. The highest BCUT2D eigenvalue weighted by atomic mass is 79.9. The summed E-state index contributed by atoms with van der Waals surface area (Å²) in [6.45, 7) is 0. The fraction of sp³-hybridized carbons (Fsp3) is 0.118. The lowest BCUT2D eigenvalue weighted by Crippen LogP contribution is -2.18. The van der Waals surface area contributed by atoms with E-state index in [4.69, 9.17) is 9.47 Å². The second kappa shape index (κ2) is 8.29. The number of carboxylic acid groups (broad SMARTS) is 1. The largest absolute Gasteiger partial charge is 0.493 e. The van der Waals surface area contributed by atoms with E-state index in [2.05, 4.69) is 26.5 Å². The third-order valence-electron chi connectivity index (χ3n) is 3.28. The van der Waals surface area contributed by atoms with Gasteiger partial charge in [0.15, 0.2) is 11.5 Å². The lowest BCUT2D eigenvalue weighted by molar-refractivity contribution is 0.0692. The van der Waals surface area contributed by atoms with E-state index in [9.17, 15) is 14.7 Å². The number of carbonyl (C=O) groups is 2. The van der Waals surface area contributed by atoms with E-state index in [1.54, 1.807) is 30.3 Å². The molecule has 2 aromatic rings. The number of halogens is 1. The van der Waals surface area contributed by atoms with Gasteiger partial charge in [-0.15, -0.1) is 0 Å². The summed E-state index contributed by atoms with van der Waals surface area (Å²) in [6.07, 6.45) is 1.24. The van der Waals surface area contributed by atoms with Crippen molar-refractivity contribution in [2.45, 2.75) is 0 Å². The zero-order valence-electron chi connectivity index (χ0n) is 13.4. The fourth-order valence-electron chi connectivity index (χ4n) is 2.14. The van der Waals surface area contributed by atoms with E-state index >= 15 is 0 Å². The third-order valence-corrected chi connectivity index (χ3v) is 3.97. The Morgan fingerprint density at radius 3 is 2.48 bits per heavy atom. The smallest absolute Gasteiger partial charge is 0.340 e. The molecule has 0 saturated carbocycles. The molecular weight excluding hydrogens is 392 g/mol. The van der Waals surface area contributed by atoms with Gasteiger partial charge in [-0.05, 0) is 40.2 Å². The SMILES string of the molecule is COc1ccc(/C=N\NC(=O)c2ccccc2Br)c(C(=O)O)c1OC. The maximum absolute atomic E-state index is 12.1. The molecule has 8 heteroatoms. The maximum Gasteiger partial charge on any atom is 0.340 e. The van der Waals surface area contributed by atoms with E-state index in [0.29, 0.717) is 10.0 Å². The fourth-order valence-corrected chi connectivity index (χ4v) is 2.60. The normalized spacial score (nSPS) is 10.5. The molecule has 25 heavy (non-hydrogen) atoms. The summed E-state index contributed by atoms with van der Waals surface area (Å²) in [5.74, 6) is -1.26. The van der Waals surface area contributed by atoms with Crippen LogP contribution in [0.4, 0.5) is 0 Å². The molecule has 2 aromatic carbocycles. The molecule has 0 aliphatic carbocycles. The topological polar surface area (TPSA) is 97.2 Å². The van der Waals surface area contributed by atoms with Crippen LogP contribution in [-0.2, 0) is 0 Å². The molecular formula is C17H15BrN2O5. The molecule has 0 atom stereocenters. The molecule has 0 aliphatic heterocycles. The molecule has 2 rings (SSSR count). The second-order valence-electron chi connectivity index (χ2n) is 4.75. The first kappa shape index (κ1) is 18.5. The predicted octanol–water partition coefficient (Wildman–Crippen LogP) is 2.93. The Hall–Kier alpha value is -2.87. The van der Waals surface area contributed by atoms with E-state index in [1.165, 1.54) is 26.5 Å². The molecule has 0 radical (unpaired) electrons. The van der Waals surface area contributed by atoms with Gasteiger partial charge in [0.05, 0.1) is 26.0 Å². The summed E-state index contributed by atoms with van der Waals surface area (Å²) in [4.78, 5) is 23.6. The van der Waals surface area contributed by atoms with E-state index < -0.39 is 11.9 Å². The van der Waals surface area contributed by atoms with Crippen LogP contribution in [0, 0.1) is 0 Å². The Kier molecular flexibility index (Phi) is 6.13. The number of hydrogen-bond donors (Lipinski definition) is 2. The number of benzene rings is 2. The van der Waals surface area contributed by atoms with Crippen molar-refractivity contribution in [1.29, 1.82) is 0 Å². The van der Waals surface area contributed by atoms with Crippen molar-refractivity contribution in [1.82, 2.24) is 5.43 Å². The minimum Gasteiger partial charge on any atom is -0.493 e. The molecule has 0 heterocycles. The van der Waals surface area contributed by atoms with Crippen LogP contribution in [-0.4, -0.2) is 37.4 Å². The molecule has 0 saturated heterocycles. The standard InChI is InChI=1S/C17H15BrN2O5/c1-24-13-8-7-10(14(17(22)23)15(13)25-2)9-19-20-16(21)11-5-3-4-6-12(11)18/h3-9H,1-2H3,(H,20,21)(H,22,23)/b19-9-. The third kappa shape index (κ3) is 4.16. The highest BCUT2D eigenvalue weighted by molar-refractivity contribution is 9.10. The van der Waals surface area contributed by atoms with Crippen LogP contribution in [0.25, 0.3) is 0 Å². The quantitative estimate of drug-likeness (QED) is 0.567. The zero-order chi connectivity index (χ0) is 18.4. The highest BCUT2D eigenvalue weighted by Crippen LogP contribution is 2.32.